The smallest absolute Gasteiger partial charge is 0.342 e. The normalized spacial score (nSPS) is 11.0. The van der Waals surface area contributed by atoms with Crippen LogP contribution >= 0.6 is 11.6 Å². The van der Waals surface area contributed by atoms with Crippen molar-refractivity contribution in [2.24, 2.45) is 5.14 Å². The number of carbonyl (C=O) groups is 2. The second kappa shape index (κ2) is 7.64. The molecule has 0 atom stereocenters. The number of ether oxygens (including phenoxy) is 2. The topological polar surface area (TPSA) is 113 Å². The molecule has 0 heterocycles. The number of Topliss-reactive ketones (excluding diaryl/α,β-unsaturated/α-hetero) is 1. The van der Waals surface area contributed by atoms with E-state index in [1.165, 1.54) is 43.5 Å². The lowest BCUT2D eigenvalue weighted by Gasteiger charge is -2.10. The van der Waals surface area contributed by atoms with Gasteiger partial charge < -0.3 is 9.47 Å². The summed E-state index contributed by atoms with van der Waals surface area (Å²) in [5.74, 6) is -1.26. The minimum absolute atomic E-state index is 0.0938. The molecule has 0 spiro atoms. The quantitative estimate of drug-likeness (QED) is 0.603. The summed E-state index contributed by atoms with van der Waals surface area (Å²) in [6.45, 7) is -0.525. The van der Waals surface area contributed by atoms with Gasteiger partial charge in [0.05, 0.1) is 12.0 Å². The number of halogens is 1. The third-order valence-corrected chi connectivity index (χ3v) is 4.38. The van der Waals surface area contributed by atoms with E-state index in [-0.39, 0.29) is 16.2 Å². The molecule has 0 aliphatic carbocycles. The first-order valence-electron chi connectivity index (χ1n) is 6.89. The molecule has 0 saturated heterocycles. The van der Waals surface area contributed by atoms with Crippen molar-refractivity contribution in [3.8, 4) is 5.75 Å². The fourth-order valence-electron chi connectivity index (χ4n) is 1.95. The lowest BCUT2D eigenvalue weighted by Crippen LogP contribution is -2.17. The van der Waals surface area contributed by atoms with Crippen molar-refractivity contribution in [3.05, 3.63) is 58.6 Å². The first-order valence-corrected chi connectivity index (χ1v) is 8.81. The molecule has 0 saturated carbocycles. The van der Waals surface area contributed by atoms with Gasteiger partial charge in [0, 0.05) is 10.6 Å². The van der Waals surface area contributed by atoms with Gasteiger partial charge in [-0.15, -0.1) is 0 Å². The highest BCUT2D eigenvalue weighted by atomic mass is 35.5. The lowest BCUT2D eigenvalue weighted by atomic mass is 10.1. The maximum absolute atomic E-state index is 12.2. The van der Waals surface area contributed by atoms with Gasteiger partial charge in [-0.1, -0.05) is 11.6 Å². The van der Waals surface area contributed by atoms with Crippen LogP contribution in [0, 0.1) is 0 Å². The highest BCUT2D eigenvalue weighted by Crippen LogP contribution is 2.23. The minimum atomic E-state index is -4.00. The third kappa shape index (κ3) is 4.79. The van der Waals surface area contributed by atoms with Crippen LogP contribution in [-0.4, -0.2) is 33.9 Å². The zero-order valence-corrected chi connectivity index (χ0v) is 14.6. The molecule has 25 heavy (non-hydrogen) atoms. The monoisotopic (exact) mass is 383 g/mol. The van der Waals surface area contributed by atoms with Gasteiger partial charge in [0.2, 0.25) is 10.0 Å². The molecule has 0 radical (unpaired) electrons. The highest BCUT2D eigenvalue weighted by molar-refractivity contribution is 7.89. The number of nitrogens with two attached hydrogens (primary N) is 1. The van der Waals surface area contributed by atoms with Crippen LogP contribution in [0.4, 0.5) is 0 Å². The Kier molecular flexibility index (Phi) is 5.78. The summed E-state index contributed by atoms with van der Waals surface area (Å²) in [7, 11) is -2.70. The third-order valence-electron chi connectivity index (χ3n) is 3.22. The maximum atomic E-state index is 12.2. The van der Waals surface area contributed by atoms with Crippen molar-refractivity contribution >= 4 is 33.4 Å². The summed E-state index contributed by atoms with van der Waals surface area (Å²) < 4.78 is 32.8. The predicted octanol–water partition coefficient (Wildman–Crippen LogP) is 2.04. The van der Waals surface area contributed by atoms with E-state index >= 15 is 0 Å². The van der Waals surface area contributed by atoms with Crippen LogP contribution in [0.3, 0.4) is 0 Å². The summed E-state index contributed by atoms with van der Waals surface area (Å²) >= 11 is 5.74. The number of esters is 1. The summed E-state index contributed by atoms with van der Waals surface area (Å²) in [6.07, 6.45) is 0. The van der Waals surface area contributed by atoms with Crippen molar-refractivity contribution < 1.29 is 27.5 Å². The Balaban J connectivity index is 2.17. The maximum Gasteiger partial charge on any atom is 0.342 e. The van der Waals surface area contributed by atoms with E-state index in [1.54, 1.807) is 0 Å². The van der Waals surface area contributed by atoms with E-state index in [0.717, 1.165) is 6.07 Å². The largest absolute Gasteiger partial charge is 0.496 e. The van der Waals surface area contributed by atoms with Gasteiger partial charge >= 0.3 is 5.97 Å². The van der Waals surface area contributed by atoms with E-state index in [4.69, 9.17) is 26.2 Å². The SMILES string of the molecule is COc1ccc(S(N)(=O)=O)cc1C(=O)OCC(=O)c1ccc(Cl)cc1. The summed E-state index contributed by atoms with van der Waals surface area (Å²) in [5.41, 5.74) is 0.167. The fraction of sp³-hybridized carbons (Fsp3) is 0.125. The molecule has 2 rings (SSSR count). The molecular formula is C16H14ClNO6S. The van der Waals surface area contributed by atoms with Gasteiger partial charge in [-0.25, -0.2) is 18.4 Å². The number of sulfonamides is 1. The first kappa shape index (κ1) is 18.9. The fourth-order valence-corrected chi connectivity index (χ4v) is 2.62. The number of hydrogen-bond donors (Lipinski definition) is 1. The van der Waals surface area contributed by atoms with Gasteiger partial charge in [0.25, 0.3) is 0 Å². The minimum Gasteiger partial charge on any atom is -0.496 e. The van der Waals surface area contributed by atoms with Gasteiger partial charge in [0.15, 0.2) is 12.4 Å². The van der Waals surface area contributed by atoms with Crippen LogP contribution in [-0.2, 0) is 14.8 Å². The molecule has 132 valence electrons. The average molecular weight is 384 g/mol. The summed E-state index contributed by atoms with van der Waals surface area (Å²) in [5, 5.41) is 5.51. The average Bonchev–Trinajstić information content (AvgIpc) is 2.58. The Morgan fingerprint density at radius 2 is 1.76 bits per heavy atom. The molecular weight excluding hydrogens is 370 g/mol. The Morgan fingerprint density at radius 3 is 2.32 bits per heavy atom. The highest BCUT2D eigenvalue weighted by Gasteiger charge is 2.19. The second-order valence-electron chi connectivity index (χ2n) is 4.91. The first-order chi connectivity index (χ1) is 11.7. The number of rotatable bonds is 6. The van der Waals surface area contributed by atoms with Crippen molar-refractivity contribution in [3.63, 3.8) is 0 Å². The van der Waals surface area contributed by atoms with E-state index in [1.807, 2.05) is 0 Å². The molecule has 0 bridgehead atoms. The van der Waals surface area contributed by atoms with Crippen LogP contribution in [0.5, 0.6) is 5.75 Å². The number of carbonyl (C=O) groups excluding carboxylic acids is 2. The molecule has 0 amide bonds. The molecule has 2 aromatic rings. The molecule has 0 aliphatic heterocycles. The Hall–Kier alpha value is -2.42. The zero-order chi connectivity index (χ0) is 18.6. The molecule has 0 aliphatic rings. The van der Waals surface area contributed by atoms with E-state index in [2.05, 4.69) is 0 Å². The van der Waals surface area contributed by atoms with Crippen LogP contribution < -0.4 is 9.88 Å². The van der Waals surface area contributed by atoms with E-state index in [9.17, 15) is 18.0 Å². The van der Waals surface area contributed by atoms with Crippen molar-refractivity contribution in [1.29, 1.82) is 0 Å². The zero-order valence-electron chi connectivity index (χ0n) is 13.1. The number of ketones is 1. The van der Waals surface area contributed by atoms with E-state index < -0.39 is 28.4 Å². The standard InChI is InChI=1S/C16H14ClNO6S/c1-23-15-7-6-12(25(18,21)22)8-13(15)16(20)24-9-14(19)10-2-4-11(17)5-3-10/h2-8H,9H2,1H3,(H2,18,21,22). The number of methoxy groups -OCH3 is 1. The van der Waals surface area contributed by atoms with Crippen LogP contribution in [0.2, 0.25) is 5.02 Å². The van der Waals surface area contributed by atoms with E-state index in [0.29, 0.717) is 10.6 Å². The summed E-state index contributed by atoms with van der Waals surface area (Å²) in [6, 6.07) is 9.58. The Morgan fingerprint density at radius 1 is 1.12 bits per heavy atom. The van der Waals surface area contributed by atoms with Gasteiger partial charge in [-0.3, -0.25) is 4.79 Å². The van der Waals surface area contributed by atoms with Gasteiger partial charge in [-0.05, 0) is 42.5 Å². The van der Waals surface area contributed by atoms with Gasteiger partial charge in [-0.2, -0.15) is 0 Å². The molecule has 9 heteroatoms. The van der Waals surface area contributed by atoms with Crippen LogP contribution in [0.25, 0.3) is 0 Å². The van der Waals surface area contributed by atoms with Crippen LogP contribution in [0.15, 0.2) is 47.4 Å². The molecule has 0 fully saturated rings. The molecule has 2 N–H and O–H groups in total. The number of primary sulfonamides is 1. The number of hydrogen-bond acceptors (Lipinski definition) is 6. The lowest BCUT2D eigenvalue weighted by molar-refractivity contribution is 0.0471. The molecule has 0 unspecified atom stereocenters. The predicted molar refractivity (Wildman–Crippen MR) is 90.4 cm³/mol. The van der Waals surface area contributed by atoms with Crippen molar-refractivity contribution in [1.82, 2.24) is 0 Å². The Labute approximate surface area is 149 Å². The second-order valence-corrected chi connectivity index (χ2v) is 6.91. The van der Waals surface area contributed by atoms with Crippen molar-refractivity contribution in [2.45, 2.75) is 4.90 Å². The summed E-state index contributed by atoms with van der Waals surface area (Å²) in [4.78, 5) is 23.9. The van der Waals surface area contributed by atoms with Gasteiger partial charge in [0.1, 0.15) is 11.3 Å². The van der Waals surface area contributed by atoms with Crippen molar-refractivity contribution in [2.75, 3.05) is 13.7 Å². The Bertz CT molecular complexity index is 909. The number of benzene rings is 2. The van der Waals surface area contributed by atoms with Crippen LogP contribution in [0.1, 0.15) is 20.7 Å². The molecule has 0 aromatic heterocycles. The molecule has 2 aromatic carbocycles. The molecule has 7 nitrogen and oxygen atoms in total.